The van der Waals surface area contributed by atoms with Crippen LogP contribution in [-0.4, -0.2) is 71.0 Å². The second-order valence-corrected chi connectivity index (χ2v) is 8.98. The lowest BCUT2D eigenvalue weighted by Crippen LogP contribution is -2.52. The van der Waals surface area contributed by atoms with Gasteiger partial charge in [0.15, 0.2) is 0 Å². The molecule has 0 atom stereocenters. The molecule has 2 aliphatic heterocycles. The molecule has 0 unspecified atom stereocenters. The summed E-state index contributed by atoms with van der Waals surface area (Å²) in [6.45, 7) is 6.88. The Hall–Kier alpha value is -2.54. The summed E-state index contributed by atoms with van der Waals surface area (Å²) in [6.07, 6.45) is 7.36. The van der Waals surface area contributed by atoms with Crippen molar-refractivity contribution in [1.29, 1.82) is 0 Å². The number of halogens is 1. The third-order valence-corrected chi connectivity index (χ3v) is 7.11. The molecule has 1 aromatic heterocycles. The summed E-state index contributed by atoms with van der Waals surface area (Å²) in [4.78, 5) is 29.1. The number of aromatic nitrogens is 2. The van der Waals surface area contributed by atoms with Gasteiger partial charge in [0.25, 0.3) is 5.91 Å². The van der Waals surface area contributed by atoms with Gasteiger partial charge in [0.05, 0.1) is 11.3 Å². The van der Waals surface area contributed by atoms with Crippen molar-refractivity contribution < 1.29 is 9.18 Å². The van der Waals surface area contributed by atoms with Crippen molar-refractivity contribution in [1.82, 2.24) is 19.8 Å². The maximum atomic E-state index is 14.5. The van der Waals surface area contributed by atoms with Crippen LogP contribution < -0.4 is 4.90 Å². The fourth-order valence-corrected chi connectivity index (χ4v) is 4.84. The number of piperazine rings is 1. The Morgan fingerprint density at radius 3 is 2.58 bits per heavy atom. The Labute approximate surface area is 183 Å². The number of benzene rings is 1. The average Bonchev–Trinajstić information content (AvgIpc) is 2.97. The first-order valence-corrected chi connectivity index (χ1v) is 11.5. The zero-order valence-electron chi connectivity index (χ0n) is 18.2. The van der Waals surface area contributed by atoms with Gasteiger partial charge in [-0.3, -0.25) is 9.69 Å². The molecule has 0 bridgehead atoms. The second kappa shape index (κ2) is 8.54. The molecule has 2 fully saturated rings. The number of hydrogen-bond donors (Lipinski definition) is 0. The lowest BCUT2D eigenvalue weighted by molar-refractivity contribution is 0.0758. The van der Waals surface area contributed by atoms with Gasteiger partial charge >= 0.3 is 0 Å². The predicted molar refractivity (Wildman–Crippen MR) is 118 cm³/mol. The highest BCUT2D eigenvalue weighted by atomic mass is 19.1. The van der Waals surface area contributed by atoms with Crippen molar-refractivity contribution in [2.24, 2.45) is 0 Å². The molecule has 1 aromatic carbocycles. The van der Waals surface area contributed by atoms with Crippen LogP contribution in [0.5, 0.6) is 0 Å². The van der Waals surface area contributed by atoms with Crippen LogP contribution >= 0.6 is 0 Å². The SMILES string of the molecule is Cc1cccc(C(=O)N2CCc3cnc(N4CCN(C5CCC5)CC4)nc3CC2)c1F. The standard InChI is InChI=1S/C24H30FN5O/c1-17-4-2-7-20(22(17)25)23(31)29-10-8-18-16-26-24(27-21(18)9-11-29)30-14-12-28(13-15-30)19-5-3-6-19/h2,4,7,16,19H,3,5-6,8-15H2,1H3. The van der Waals surface area contributed by atoms with E-state index in [1.165, 1.54) is 19.3 Å². The monoisotopic (exact) mass is 423 g/mol. The van der Waals surface area contributed by atoms with Gasteiger partial charge in [0.1, 0.15) is 5.82 Å². The molecule has 2 aromatic rings. The number of carbonyl (C=O) groups excluding carboxylic acids is 1. The quantitative estimate of drug-likeness (QED) is 0.760. The van der Waals surface area contributed by atoms with Gasteiger partial charge in [-0.2, -0.15) is 0 Å². The van der Waals surface area contributed by atoms with Crippen LogP contribution in [0.3, 0.4) is 0 Å². The number of hydrogen-bond acceptors (Lipinski definition) is 5. The van der Waals surface area contributed by atoms with E-state index in [1.54, 1.807) is 30.0 Å². The number of rotatable bonds is 3. The molecular formula is C24H30FN5O. The third kappa shape index (κ3) is 4.03. The van der Waals surface area contributed by atoms with Crippen molar-refractivity contribution in [3.8, 4) is 0 Å². The van der Waals surface area contributed by atoms with Gasteiger partial charge in [-0.25, -0.2) is 14.4 Å². The van der Waals surface area contributed by atoms with E-state index in [1.807, 2.05) is 6.20 Å². The summed E-state index contributed by atoms with van der Waals surface area (Å²) in [6, 6.07) is 5.79. The minimum atomic E-state index is -0.419. The molecule has 7 heteroatoms. The molecule has 1 amide bonds. The molecule has 164 valence electrons. The molecule has 3 heterocycles. The van der Waals surface area contributed by atoms with Crippen molar-refractivity contribution in [2.75, 3.05) is 44.2 Å². The molecule has 6 nitrogen and oxygen atoms in total. The molecule has 3 aliphatic rings. The van der Waals surface area contributed by atoms with Gasteiger partial charge in [0, 0.05) is 57.9 Å². The van der Waals surface area contributed by atoms with Crippen LogP contribution in [0.2, 0.25) is 0 Å². The van der Waals surface area contributed by atoms with E-state index in [9.17, 15) is 9.18 Å². The molecule has 0 spiro atoms. The third-order valence-electron chi connectivity index (χ3n) is 7.11. The smallest absolute Gasteiger partial charge is 0.256 e. The minimum absolute atomic E-state index is 0.155. The Bertz CT molecular complexity index is 968. The van der Waals surface area contributed by atoms with Crippen molar-refractivity contribution in [2.45, 2.75) is 45.1 Å². The summed E-state index contributed by atoms with van der Waals surface area (Å²) >= 11 is 0. The number of fused-ring (bicyclic) bond motifs is 1. The predicted octanol–water partition coefficient (Wildman–Crippen LogP) is 2.84. The van der Waals surface area contributed by atoms with E-state index in [4.69, 9.17) is 4.98 Å². The molecule has 31 heavy (non-hydrogen) atoms. The van der Waals surface area contributed by atoms with Crippen LogP contribution in [0.4, 0.5) is 10.3 Å². The highest BCUT2D eigenvalue weighted by Gasteiger charge is 2.29. The number of aryl methyl sites for hydroxylation is 1. The maximum absolute atomic E-state index is 14.5. The molecule has 0 N–H and O–H groups in total. The maximum Gasteiger partial charge on any atom is 0.256 e. The van der Waals surface area contributed by atoms with Crippen molar-refractivity contribution in [3.63, 3.8) is 0 Å². The van der Waals surface area contributed by atoms with Crippen molar-refractivity contribution >= 4 is 11.9 Å². The normalized spacial score (nSPS) is 20.2. The first-order valence-electron chi connectivity index (χ1n) is 11.5. The molecular weight excluding hydrogens is 393 g/mol. The summed E-state index contributed by atoms with van der Waals surface area (Å²) in [5.41, 5.74) is 2.77. The van der Waals surface area contributed by atoms with Gasteiger partial charge < -0.3 is 9.80 Å². The minimum Gasteiger partial charge on any atom is -0.338 e. The first-order chi connectivity index (χ1) is 15.1. The van der Waals surface area contributed by atoms with E-state index >= 15 is 0 Å². The summed E-state index contributed by atoms with van der Waals surface area (Å²) in [5, 5.41) is 0. The van der Waals surface area contributed by atoms with Gasteiger partial charge in [-0.15, -0.1) is 0 Å². The van der Waals surface area contributed by atoms with E-state index in [-0.39, 0.29) is 11.5 Å². The molecule has 5 rings (SSSR count). The van der Waals surface area contributed by atoms with Crippen LogP contribution in [0.1, 0.15) is 46.4 Å². The largest absolute Gasteiger partial charge is 0.338 e. The summed E-state index contributed by atoms with van der Waals surface area (Å²) in [5.74, 6) is 0.142. The van der Waals surface area contributed by atoms with Crippen LogP contribution in [0, 0.1) is 12.7 Å². The van der Waals surface area contributed by atoms with Gasteiger partial charge in [0.2, 0.25) is 5.95 Å². The summed E-state index contributed by atoms with van der Waals surface area (Å²) < 4.78 is 14.5. The Kier molecular flexibility index (Phi) is 5.61. The van der Waals surface area contributed by atoms with Crippen molar-refractivity contribution in [3.05, 3.63) is 52.6 Å². The Morgan fingerprint density at radius 1 is 1.06 bits per heavy atom. The van der Waals surface area contributed by atoms with E-state index in [0.717, 1.165) is 49.4 Å². The lowest BCUT2D eigenvalue weighted by atomic mass is 9.91. The zero-order valence-corrected chi connectivity index (χ0v) is 18.2. The molecule has 1 aliphatic carbocycles. The number of carbonyl (C=O) groups is 1. The highest BCUT2D eigenvalue weighted by molar-refractivity contribution is 5.94. The highest BCUT2D eigenvalue weighted by Crippen LogP contribution is 2.26. The fraction of sp³-hybridized carbons (Fsp3) is 0.542. The first kappa shape index (κ1) is 20.4. The second-order valence-electron chi connectivity index (χ2n) is 8.98. The van der Waals surface area contributed by atoms with Crippen LogP contribution in [0.15, 0.2) is 24.4 Å². The topological polar surface area (TPSA) is 52.6 Å². The molecule has 1 saturated heterocycles. The molecule has 0 radical (unpaired) electrons. The number of anilines is 1. The van der Waals surface area contributed by atoms with Gasteiger partial charge in [-0.1, -0.05) is 18.6 Å². The Morgan fingerprint density at radius 2 is 1.84 bits per heavy atom. The lowest BCUT2D eigenvalue weighted by Gasteiger charge is -2.43. The van der Waals surface area contributed by atoms with Crippen LogP contribution in [-0.2, 0) is 12.8 Å². The number of amides is 1. The van der Waals surface area contributed by atoms with E-state index in [0.29, 0.717) is 31.5 Å². The Balaban J connectivity index is 1.25. The van der Waals surface area contributed by atoms with Crippen LogP contribution in [0.25, 0.3) is 0 Å². The van der Waals surface area contributed by atoms with E-state index < -0.39 is 5.82 Å². The number of nitrogens with zero attached hydrogens (tertiary/aromatic N) is 5. The average molecular weight is 424 g/mol. The molecule has 1 saturated carbocycles. The fourth-order valence-electron chi connectivity index (χ4n) is 4.84. The van der Waals surface area contributed by atoms with Gasteiger partial charge in [-0.05, 0) is 43.4 Å². The summed E-state index contributed by atoms with van der Waals surface area (Å²) in [7, 11) is 0. The van der Waals surface area contributed by atoms with E-state index in [2.05, 4.69) is 14.8 Å². The zero-order chi connectivity index (χ0) is 21.4.